The van der Waals surface area contributed by atoms with Crippen molar-refractivity contribution < 1.29 is 4.74 Å². The zero-order chi connectivity index (χ0) is 24.4. The van der Waals surface area contributed by atoms with Gasteiger partial charge in [0.25, 0.3) is 0 Å². The van der Waals surface area contributed by atoms with Gasteiger partial charge < -0.3 is 19.5 Å². The number of rotatable bonds is 7. The molecule has 2 fully saturated rings. The molecule has 7 heteroatoms. The Bertz CT molecular complexity index is 1170. The Labute approximate surface area is 213 Å². The molecule has 1 aromatic carbocycles. The number of nitrogens with one attached hydrogen (secondary N) is 1. The quantitative estimate of drug-likeness (QED) is 0.494. The van der Waals surface area contributed by atoms with E-state index >= 15 is 0 Å². The average molecular weight is 490 g/mol. The molecule has 0 amide bonds. The molecule has 184 valence electrons. The SMILES string of the molecule is Cc1cccc(-n2c(C)cc(C3C(c4ccccn4)NC(=S)N3CCCN3CCOCC3)c2C)c1. The Kier molecular flexibility index (Phi) is 7.18. The molecule has 2 aliphatic rings. The predicted molar refractivity (Wildman–Crippen MR) is 144 cm³/mol. The van der Waals surface area contributed by atoms with Crippen LogP contribution in [0.4, 0.5) is 0 Å². The van der Waals surface area contributed by atoms with Crippen LogP contribution in [0.2, 0.25) is 0 Å². The predicted octanol–water partition coefficient (Wildman–Crippen LogP) is 4.49. The zero-order valence-electron chi connectivity index (χ0n) is 20.9. The topological polar surface area (TPSA) is 45.6 Å². The lowest BCUT2D eigenvalue weighted by Gasteiger charge is -2.30. The fraction of sp³-hybridized carbons (Fsp3) is 0.429. The van der Waals surface area contributed by atoms with Crippen molar-refractivity contribution in [2.24, 2.45) is 0 Å². The van der Waals surface area contributed by atoms with Gasteiger partial charge in [-0.05, 0) is 80.9 Å². The number of aryl methyl sites for hydroxylation is 2. The molecule has 0 bridgehead atoms. The van der Waals surface area contributed by atoms with Crippen LogP contribution in [-0.2, 0) is 4.74 Å². The summed E-state index contributed by atoms with van der Waals surface area (Å²) in [6, 6.07) is 17.3. The lowest BCUT2D eigenvalue weighted by molar-refractivity contribution is 0.0365. The number of pyridine rings is 1. The second-order valence-electron chi connectivity index (χ2n) is 9.63. The monoisotopic (exact) mass is 489 g/mol. The van der Waals surface area contributed by atoms with Crippen molar-refractivity contribution in [3.05, 3.63) is 82.9 Å². The summed E-state index contributed by atoms with van der Waals surface area (Å²) in [6.45, 7) is 12.2. The van der Waals surface area contributed by atoms with Gasteiger partial charge in [-0.15, -0.1) is 0 Å². The van der Waals surface area contributed by atoms with Crippen molar-refractivity contribution in [1.29, 1.82) is 0 Å². The van der Waals surface area contributed by atoms with Crippen LogP contribution < -0.4 is 5.32 Å². The molecule has 0 radical (unpaired) electrons. The third-order valence-electron chi connectivity index (χ3n) is 7.22. The Morgan fingerprint density at radius 2 is 1.86 bits per heavy atom. The number of hydrogen-bond acceptors (Lipinski definition) is 4. The Morgan fingerprint density at radius 1 is 1.03 bits per heavy atom. The molecular weight excluding hydrogens is 454 g/mol. The molecule has 3 aromatic rings. The fourth-order valence-electron chi connectivity index (χ4n) is 5.53. The van der Waals surface area contributed by atoms with Crippen LogP contribution in [0.15, 0.2) is 54.7 Å². The van der Waals surface area contributed by atoms with Gasteiger partial charge in [-0.25, -0.2) is 0 Å². The van der Waals surface area contributed by atoms with E-state index in [1.165, 1.54) is 28.2 Å². The number of nitrogens with zero attached hydrogens (tertiary/aromatic N) is 4. The molecule has 0 spiro atoms. The smallest absolute Gasteiger partial charge is 0.170 e. The standard InChI is InChI=1S/C28H35N5OS/c1-20-8-6-9-23(18-20)33-21(2)19-24(22(33)3)27-26(25-10-4-5-11-29-25)30-28(35)32(27)13-7-12-31-14-16-34-17-15-31/h4-6,8-11,18-19,26-27H,7,12-17H2,1-3H3,(H,30,35). The molecule has 0 aliphatic carbocycles. The third-order valence-corrected chi connectivity index (χ3v) is 7.58. The lowest BCUT2D eigenvalue weighted by Crippen LogP contribution is -2.39. The first-order chi connectivity index (χ1) is 17.0. The van der Waals surface area contributed by atoms with Crippen LogP contribution in [0, 0.1) is 20.8 Å². The summed E-state index contributed by atoms with van der Waals surface area (Å²) in [4.78, 5) is 9.59. The van der Waals surface area contributed by atoms with Crippen molar-refractivity contribution in [3.63, 3.8) is 0 Å². The van der Waals surface area contributed by atoms with Crippen molar-refractivity contribution >= 4 is 17.3 Å². The minimum atomic E-state index is 0.0125. The molecular formula is C28H35N5OS. The molecule has 35 heavy (non-hydrogen) atoms. The summed E-state index contributed by atoms with van der Waals surface area (Å²) >= 11 is 5.90. The first kappa shape index (κ1) is 24.0. The number of aromatic nitrogens is 2. The van der Waals surface area contributed by atoms with E-state index in [-0.39, 0.29) is 12.1 Å². The van der Waals surface area contributed by atoms with Gasteiger partial charge in [0.05, 0.1) is 31.0 Å². The number of thiocarbonyl (C=S) groups is 1. The van der Waals surface area contributed by atoms with Crippen LogP contribution in [0.3, 0.4) is 0 Å². The van der Waals surface area contributed by atoms with E-state index in [0.717, 1.165) is 56.6 Å². The molecule has 2 aromatic heterocycles. The highest BCUT2D eigenvalue weighted by molar-refractivity contribution is 7.80. The molecule has 1 N–H and O–H groups in total. The van der Waals surface area contributed by atoms with Crippen molar-refractivity contribution in [1.82, 2.24) is 24.7 Å². The van der Waals surface area contributed by atoms with E-state index in [0.29, 0.717) is 0 Å². The van der Waals surface area contributed by atoms with E-state index < -0.39 is 0 Å². The van der Waals surface area contributed by atoms with E-state index in [9.17, 15) is 0 Å². The normalized spacial score (nSPS) is 20.9. The summed E-state index contributed by atoms with van der Waals surface area (Å²) in [7, 11) is 0. The van der Waals surface area contributed by atoms with E-state index in [1.54, 1.807) is 0 Å². The lowest BCUT2D eigenvalue weighted by atomic mass is 9.96. The molecule has 2 atom stereocenters. The van der Waals surface area contributed by atoms with E-state index in [4.69, 9.17) is 21.9 Å². The van der Waals surface area contributed by atoms with E-state index in [2.05, 4.69) is 82.9 Å². The van der Waals surface area contributed by atoms with Gasteiger partial charge in [0.15, 0.2) is 5.11 Å². The summed E-state index contributed by atoms with van der Waals surface area (Å²) in [5.41, 5.74) is 7.27. The first-order valence-electron chi connectivity index (χ1n) is 12.6. The summed E-state index contributed by atoms with van der Waals surface area (Å²) in [5, 5.41) is 4.43. The largest absolute Gasteiger partial charge is 0.379 e. The molecule has 2 aliphatic heterocycles. The Morgan fingerprint density at radius 3 is 2.60 bits per heavy atom. The molecule has 2 unspecified atom stereocenters. The van der Waals surface area contributed by atoms with Crippen molar-refractivity contribution in [3.8, 4) is 5.69 Å². The van der Waals surface area contributed by atoms with Gasteiger partial charge in [-0.2, -0.15) is 0 Å². The number of hydrogen-bond donors (Lipinski definition) is 1. The maximum atomic E-state index is 5.90. The highest BCUT2D eigenvalue weighted by Crippen LogP contribution is 2.41. The van der Waals surface area contributed by atoms with Gasteiger partial charge in [0, 0.05) is 49.5 Å². The maximum absolute atomic E-state index is 5.90. The van der Waals surface area contributed by atoms with E-state index in [1.807, 2.05) is 12.3 Å². The van der Waals surface area contributed by atoms with Gasteiger partial charge in [-0.3, -0.25) is 9.88 Å². The highest BCUT2D eigenvalue weighted by Gasteiger charge is 2.41. The molecule has 6 nitrogen and oxygen atoms in total. The number of morpholine rings is 1. The van der Waals surface area contributed by atoms with Crippen LogP contribution in [0.1, 0.15) is 46.7 Å². The van der Waals surface area contributed by atoms with Crippen LogP contribution in [-0.4, -0.2) is 63.9 Å². The number of benzene rings is 1. The summed E-state index contributed by atoms with van der Waals surface area (Å²) in [5.74, 6) is 0. The third kappa shape index (κ3) is 4.99. The van der Waals surface area contributed by atoms with Gasteiger partial charge in [0.1, 0.15) is 0 Å². The molecule has 2 saturated heterocycles. The zero-order valence-corrected chi connectivity index (χ0v) is 21.7. The first-order valence-corrected chi connectivity index (χ1v) is 13.0. The Hall–Kier alpha value is -2.74. The van der Waals surface area contributed by atoms with Gasteiger partial charge in [0.2, 0.25) is 0 Å². The molecule has 5 rings (SSSR count). The van der Waals surface area contributed by atoms with Crippen LogP contribution in [0.5, 0.6) is 0 Å². The molecule has 0 saturated carbocycles. The van der Waals surface area contributed by atoms with Gasteiger partial charge in [-0.1, -0.05) is 18.2 Å². The van der Waals surface area contributed by atoms with Gasteiger partial charge >= 0.3 is 0 Å². The molecule has 4 heterocycles. The number of ether oxygens (including phenoxy) is 1. The summed E-state index contributed by atoms with van der Waals surface area (Å²) in [6.07, 6.45) is 2.93. The van der Waals surface area contributed by atoms with Crippen molar-refractivity contribution in [2.45, 2.75) is 39.3 Å². The van der Waals surface area contributed by atoms with Crippen molar-refractivity contribution in [2.75, 3.05) is 39.4 Å². The maximum Gasteiger partial charge on any atom is 0.170 e. The fourth-order valence-corrected chi connectivity index (χ4v) is 5.86. The average Bonchev–Trinajstić information content (AvgIpc) is 3.35. The Balaban J connectivity index is 1.47. The second-order valence-corrected chi connectivity index (χ2v) is 10.0. The minimum Gasteiger partial charge on any atom is -0.379 e. The van der Waals surface area contributed by atoms with Crippen LogP contribution in [0.25, 0.3) is 5.69 Å². The second kappa shape index (κ2) is 10.5. The summed E-state index contributed by atoms with van der Waals surface area (Å²) < 4.78 is 7.88. The van der Waals surface area contributed by atoms with Crippen LogP contribution >= 0.6 is 12.2 Å². The minimum absolute atomic E-state index is 0.0125. The highest BCUT2D eigenvalue weighted by atomic mass is 32.1.